The molecule has 6 heteroatoms. The highest BCUT2D eigenvalue weighted by Crippen LogP contribution is 2.33. The fourth-order valence-electron chi connectivity index (χ4n) is 2.45. The monoisotopic (exact) mass is 310 g/mol. The van der Waals surface area contributed by atoms with E-state index in [0.717, 1.165) is 11.1 Å². The van der Waals surface area contributed by atoms with Crippen LogP contribution in [0.2, 0.25) is 0 Å². The van der Waals surface area contributed by atoms with E-state index in [4.69, 9.17) is 4.42 Å². The van der Waals surface area contributed by atoms with Crippen molar-refractivity contribution < 1.29 is 9.34 Å². The van der Waals surface area contributed by atoms with Crippen LogP contribution in [-0.4, -0.2) is 4.92 Å². The van der Waals surface area contributed by atoms with Gasteiger partial charge in [0, 0.05) is 11.1 Å². The molecule has 1 N–H and O–H groups in total. The number of rotatable bonds is 3. The summed E-state index contributed by atoms with van der Waals surface area (Å²) in [6.45, 7) is 3.86. The zero-order valence-corrected chi connectivity index (χ0v) is 12.6. The molecule has 0 saturated heterocycles. The zero-order chi connectivity index (χ0) is 16.6. The summed E-state index contributed by atoms with van der Waals surface area (Å²) in [6.07, 6.45) is 0. The topological polar surface area (TPSA) is 85.4 Å². The van der Waals surface area contributed by atoms with Gasteiger partial charge in [0.15, 0.2) is 0 Å². The van der Waals surface area contributed by atoms with Crippen molar-refractivity contribution in [2.75, 3.05) is 5.32 Å². The van der Waals surface area contributed by atoms with Crippen molar-refractivity contribution >= 4 is 28.0 Å². The molecular weight excluding hydrogens is 296 g/mol. The molecule has 2 aromatic carbocycles. The molecule has 1 aromatic heterocycles. The Balaban J connectivity index is 2.30. The van der Waals surface area contributed by atoms with Crippen LogP contribution in [0, 0.1) is 24.0 Å². The molecule has 0 fully saturated rings. The molecular formula is C17H14N2O4. The average Bonchev–Trinajstić information content (AvgIpc) is 2.51. The highest BCUT2D eigenvalue weighted by Gasteiger charge is 2.25. The van der Waals surface area contributed by atoms with Gasteiger partial charge in [0.25, 0.3) is 0 Å². The number of nitro groups is 1. The first kappa shape index (κ1) is 14.8. The summed E-state index contributed by atoms with van der Waals surface area (Å²) in [5.74, 6) is 0. The molecule has 0 saturated carbocycles. The van der Waals surface area contributed by atoms with E-state index in [9.17, 15) is 14.9 Å². The van der Waals surface area contributed by atoms with E-state index in [-0.39, 0.29) is 5.69 Å². The Kier molecular flexibility index (Phi) is 3.57. The number of hydrogen-bond acceptors (Lipinski definition) is 5. The third-order valence-electron chi connectivity index (χ3n) is 3.84. The van der Waals surface area contributed by atoms with Gasteiger partial charge in [0.1, 0.15) is 11.3 Å². The predicted octanol–water partition coefficient (Wildman–Crippen LogP) is 4.06. The standard InChI is InChI=1S/C17H14N2O4/c1-10-6-5-8-13(11(10)2)18-15-12-7-3-4-9-14(12)23-17(20)16(15)19(21)22/h3-9,18H,1-2H3. The minimum absolute atomic E-state index is 0.149. The highest BCUT2D eigenvalue weighted by atomic mass is 16.6. The first-order valence-electron chi connectivity index (χ1n) is 7.02. The quantitative estimate of drug-likeness (QED) is 0.448. The van der Waals surface area contributed by atoms with Crippen molar-refractivity contribution in [2.24, 2.45) is 0 Å². The van der Waals surface area contributed by atoms with E-state index in [1.807, 2.05) is 32.0 Å². The SMILES string of the molecule is Cc1cccc(Nc2c([N+](=O)[O-])c(=O)oc3ccccc23)c1C. The predicted molar refractivity (Wildman–Crippen MR) is 88.3 cm³/mol. The second-order valence-electron chi connectivity index (χ2n) is 5.24. The number of anilines is 2. The Morgan fingerprint density at radius 2 is 1.83 bits per heavy atom. The van der Waals surface area contributed by atoms with Crippen LogP contribution in [0.3, 0.4) is 0 Å². The van der Waals surface area contributed by atoms with Crippen molar-refractivity contribution in [2.45, 2.75) is 13.8 Å². The molecule has 23 heavy (non-hydrogen) atoms. The molecule has 3 rings (SSSR count). The van der Waals surface area contributed by atoms with E-state index in [1.165, 1.54) is 0 Å². The third-order valence-corrected chi connectivity index (χ3v) is 3.84. The van der Waals surface area contributed by atoms with Gasteiger partial charge in [-0.2, -0.15) is 0 Å². The smallest absolute Gasteiger partial charge is 0.417 e. The molecule has 0 bridgehead atoms. The summed E-state index contributed by atoms with van der Waals surface area (Å²) in [4.78, 5) is 22.6. The number of para-hydroxylation sites is 1. The van der Waals surface area contributed by atoms with Gasteiger partial charge in [-0.25, -0.2) is 4.79 Å². The van der Waals surface area contributed by atoms with Gasteiger partial charge in [-0.05, 0) is 43.2 Å². The molecule has 0 aliphatic heterocycles. The van der Waals surface area contributed by atoms with E-state index >= 15 is 0 Å². The maximum atomic E-state index is 12.0. The lowest BCUT2D eigenvalue weighted by Gasteiger charge is -2.13. The molecule has 0 atom stereocenters. The fourth-order valence-corrected chi connectivity index (χ4v) is 2.45. The van der Waals surface area contributed by atoms with Crippen LogP contribution in [-0.2, 0) is 0 Å². The van der Waals surface area contributed by atoms with Crippen LogP contribution >= 0.6 is 0 Å². The van der Waals surface area contributed by atoms with Crippen LogP contribution in [0.5, 0.6) is 0 Å². The highest BCUT2D eigenvalue weighted by molar-refractivity contribution is 5.96. The average molecular weight is 310 g/mol. The number of hydrogen-bond donors (Lipinski definition) is 1. The lowest BCUT2D eigenvalue weighted by atomic mass is 10.1. The Morgan fingerprint density at radius 1 is 1.09 bits per heavy atom. The van der Waals surface area contributed by atoms with E-state index in [2.05, 4.69) is 5.32 Å². The van der Waals surface area contributed by atoms with Gasteiger partial charge >= 0.3 is 11.3 Å². The Morgan fingerprint density at radius 3 is 2.57 bits per heavy atom. The van der Waals surface area contributed by atoms with E-state index in [0.29, 0.717) is 16.7 Å². The van der Waals surface area contributed by atoms with Crippen molar-refractivity contribution in [3.63, 3.8) is 0 Å². The second-order valence-corrected chi connectivity index (χ2v) is 5.24. The Bertz CT molecular complexity index is 976. The van der Waals surface area contributed by atoms with Crippen molar-refractivity contribution in [3.8, 4) is 0 Å². The van der Waals surface area contributed by atoms with Crippen LogP contribution in [0.1, 0.15) is 11.1 Å². The molecule has 3 aromatic rings. The van der Waals surface area contributed by atoms with Crippen LogP contribution in [0.25, 0.3) is 11.0 Å². The maximum absolute atomic E-state index is 12.0. The lowest BCUT2D eigenvalue weighted by Crippen LogP contribution is -2.11. The molecule has 0 radical (unpaired) electrons. The van der Waals surface area contributed by atoms with Gasteiger partial charge < -0.3 is 9.73 Å². The molecule has 6 nitrogen and oxygen atoms in total. The van der Waals surface area contributed by atoms with Gasteiger partial charge in [0.2, 0.25) is 0 Å². The number of nitrogens with one attached hydrogen (secondary N) is 1. The molecule has 0 unspecified atom stereocenters. The van der Waals surface area contributed by atoms with Gasteiger partial charge in [0.05, 0.1) is 4.92 Å². The minimum atomic E-state index is -0.971. The van der Waals surface area contributed by atoms with Crippen LogP contribution < -0.4 is 10.9 Å². The summed E-state index contributed by atoms with van der Waals surface area (Å²) in [5, 5.41) is 14.9. The zero-order valence-electron chi connectivity index (χ0n) is 12.6. The second kappa shape index (κ2) is 5.57. The van der Waals surface area contributed by atoms with Crippen molar-refractivity contribution in [3.05, 3.63) is 74.1 Å². The first-order chi connectivity index (χ1) is 11.0. The van der Waals surface area contributed by atoms with Crippen LogP contribution in [0.4, 0.5) is 17.1 Å². The number of fused-ring (bicyclic) bond motifs is 1. The maximum Gasteiger partial charge on any atom is 0.417 e. The Hall–Kier alpha value is -3.15. The molecule has 0 aliphatic rings. The summed E-state index contributed by atoms with van der Waals surface area (Å²) >= 11 is 0. The largest absolute Gasteiger partial charge is 0.418 e. The summed E-state index contributed by atoms with van der Waals surface area (Å²) in [7, 11) is 0. The van der Waals surface area contributed by atoms with Crippen molar-refractivity contribution in [1.29, 1.82) is 0 Å². The number of nitrogens with zero attached hydrogens (tertiary/aromatic N) is 1. The molecule has 0 spiro atoms. The normalized spacial score (nSPS) is 10.7. The minimum Gasteiger partial charge on any atom is -0.418 e. The number of aryl methyl sites for hydroxylation is 1. The van der Waals surface area contributed by atoms with Crippen molar-refractivity contribution in [1.82, 2.24) is 0 Å². The van der Waals surface area contributed by atoms with E-state index in [1.54, 1.807) is 24.3 Å². The van der Waals surface area contributed by atoms with Gasteiger partial charge in [-0.15, -0.1) is 0 Å². The van der Waals surface area contributed by atoms with Gasteiger partial charge in [-0.1, -0.05) is 24.3 Å². The number of benzene rings is 2. The molecule has 0 aliphatic carbocycles. The molecule has 1 heterocycles. The fraction of sp³-hybridized carbons (Fsp3) is 0.118. The van der Waals surface area contributed by atoms with Crippen LogP contribution in [0.15, 0.2) is 51.7 Å². The molecule has 0 amide bonds. The summed E-state index contributed by atoms with van der Waals surface area (Å²) in [6, 6.07) is 12.3. The third kappa shape index (κ3) is 2.55. The summed E-state index contributed by atoms with van der Waals surface area (Å²) < 4.78 is 5.05. The van der Waals surface area contributed by atoms with Gasteiger partial charge in [-0.3, -0.25) is 10.1 Å². The first-order valence-corrected chi connectivity index (χ1v) is 7.02. The molecule has 116 valence electrons. The van der Waals surface area contributed by atoms with E-state index < -0.39 is 16.2 Å². The lowest BCUT2D eigenvalue weighted by molar-refractivity contribution is -0.386. The Labute approximate surface area is 131 Å². The summed E-state index contributed by atoms with van der Waals surface area (Å²) in [5.41, 5.74) is 1.60.